The number of aromatic amines is 1. The van der Waals surface area contributed by atoms with Gasteiger partial charge in [0, 0.05) is 6.54 Å². The molecule has 0 fully saturated rings. The molecule has 0 unspecified atom stereocenters. The number of imide groups is 1. The maximum atomic E-state index is 11.9. The SMILES string of the molecule is CC(C)CCNC(=O)NC(=O)CSc1n[nH]c2nc3ccccc3n12. The number of fused-ring (bicyclic) bond motifs is 3. The highest BCUT2D eigenvalue weighted by molar-refractivity contribution is 7.99. The predicted octanol–water partition coefficient (Wildman–Crippen LogP) is 2.17. The van der Waals surface area contributed by atoms with Gasteiger partial charge < -0.3 is 5.32 Å². The number of nitrogens with one attached hydrogen (secondary N) is 3. The minimum atomic E-state index is -0.466. The molecule has 0 saturated carbocycles. The number of para-hydroxylation sites is 2. The quantitative estimate of drug-likeness (QED) is 0.585. The maximum absolute atomic E-state index is 11.9. The van der Waals surface area contributed by atoms with Gasteiger partial charge in [-0.05, 0) is 24.5 Å². The van der Waals surface area contributed by atoms with E-state index in [4.69, 9.17) is 0 Å². The highest BCUT2D eigenvalue weighted by Gasteiger charge is 2.14. The molecule has 8 nitrogen and oxygen atoms in total. The number of amides is 3. The average Bonchev–Trinajstić information content (AvgIpc) is 3.11. The third-order valence-corrected chi connectivity index (χ3v) is 4.53. The van der Waals surface area contributed by atoms with Crippen molar-refractivity contribution in [3.8, 4) is 0 Å². The summed E-state index contributed by atoms with van der Waals surface area (Å²) < 4.78 is 1.86. The molecule has 132 valence electrons. The van der Waals surface area contributed by atoms with E-state index in [0.717, 1.165) is 17.5 Å². The van der Waals surface area contributed by atoms with E-state index >= 15 is 0 Å². The first kappa shape index (κ1) is 17.3. The van der Waals surface area contributed by atoms with Crippen molar-refractivity contribution in [3.63, 3.8) is 0 Å². The maximum Gasteiger partial charge on any atom is 0.321 e. The van der Waals surface area contributed by atoms with Crippen LogP contribution in [0.15, 0.2) is 29.4 Å². The van der Waals surface area contributed by atoms with Crippen molar-refractivity contribution in [3.05, 3.63) is 24.3 Å². The largest absolute Gasteiger partial charge is 0.338 e. The average molecular weight is 360 g/mol. The van der Waals surface area contributed by atoms with Crippen LogP contribution >= 0.6 is 11.8 Å². The van der Waals surface area contributed by atoms with Crippen molar-refractivity contribution < 1.29 is 9.59 Å². The Hall–Kier alpha value is -2.55. The van der Waals surface area contributed by atoms with Gasteiger partial charge in [0.1, 0.15) is 0 Å². The van der Waals surface area contributed by atoms with Gasteiger partial charge in [-0.15, -0.1) is 5.10 Å². The van der Waals surface area contributed by atoms with Gasteiger partial charge in [-0.25, -0.2) is 14.9 Å². The Balaban J connectivity index is 1.57. The van der Waals surface area contributed by atoms with Gasteiger partial charge in [0.05, 0.1) is 16.8 Å². The third-order valence-electron chi connectivity index (χ3n) is 3.60. The Bertz CT molecular complexity index is 900. The number of hydrogen-bond donors (Lipinski definition) is 3. The van der Waals surface area contributed by atoms with Crippen molar-refractivity contribution >= 4 is 40.5 Å². The summed E-state index contributed by atoms with van der Waals surface area (Å²) in [6, 6.07) is 7.23. The lowest BCUT2D eigenvalue weighted by molar-refractivity contribution is -0.117. The van der Waals surface area contributed by atoms with E-state index in [1.165, 1.54) is 11.8 Å². The van der Waals surface area contributed by atoms with E-state index in [9.17, 15) is 9.59 Å². The van der Waals surface area contributed by atoms with Gasteiger partial charge in [-0.3, -0.25) is 14.5 Å². The van der Waals surface area contributed by atoms with Crippen LogP contribution < -0.4 is 10.6 Å². The zero-order chi connectivity index (χ0) is 17.8. The second-order valence-corrected chi connectivity index (χ2v) is 6.98. The Morgan fingerprint density at radius 1 is 1.32 bits per heavy atom. The van der Waals surface area contributed by atoms with Crippen LogP contribution in [-0.2, 0) is 4.79 Å². The smallest absolute Gasteiger partial charge is 0.321 e. The normalized spacial score (nSPS) is 11.3. The van der Waals surface area contributed by atoms with Crippen molar-refractivity contribution in [1.82, 2.24) is 30.2 Å². The molecule has 3 rings (SSSR count). The van der Waals surface area contributed by atoms with Gasteiger partial charge in [0.2, 0.25) is 11.7 Å². The van der Waals surface area contributed by atoms with Crippen molar-refractivity contribution in [2.75, 3.05) is 12.3 Å². The molecule has 0 aliphatic rings. The second-order valence-electron chi connectivity index (χ2n) is 6.04. The Labute approximate surface area is 148 Å². The first-order valence-electron chi connectivity index (χ1n) is 8.06. The summed E-state index contributed by atoms with van der Waals surface area (Å²) in [5.41, 5.74) is 1.77. The van der Waals surface area contributed by atoms with Crippen LogP contribution in [0, 0.1) is 5.92 Å². The molecule has 1 aromatic carbocycles. The Kier molecular flexibility index (Phi) is 5.22. The van der Waals surface area contributed by atoms with Crippen LogP contribution in [0.25, 0.3) is 16.8 Å². The number of carbonyl (C=O) groups is 2. The number of carbonyl (C=O) groups excluding carboxylic acids is 2. The molecule has 25 heavy (non-hydrogen) atoms. The number of nitrogens with zero attached hydrogens (tertiary/aromatic N) is 3. The molecular weight excluding hydrogens is 340 g/mol. The highest BCUT2D eigenvalue weighted by atomic mass is 32.2. The topological polar surface area (TPSA) is 104 Å². The summed E-state index contributed by atoms with van der Waals surface area (Å²) in [6.45, 7) is 4.70. The van der Waals surface area contributed by atoms with E-state index < -0.39 is 6.03 Å². The molecule has 0 atom stereocenters. The predicted molar refractivity (Wildman–Crippen MR) is 96.6 cm³/mol. The summed E-state index contributed by atoms with van der Waals surface area (Å²) >= 11 is 1.24. The number of H-pyrrole nitrogens is 1. The Morgan fingerprint density at radius 2 is 2.12 bits per heavy atom. The van der Waals surface area contributed by atoms with Crippen LogP contribution in [0.2, 0.25) is 0 Å². The van der Waals surface area contributed by atoms with E-state index in [0.29, 0.717) is 23.4 Å². The molecule has 9 heteroatoms. The number of hydrogen-bond acceptors (Lipinski definition) is 5. The van der Waals surface area contributed by atoms with E-state index in [-0.39, 0.29) is 11.7 Å². The minimum absolute atomic E-state index is 0.0874. The van der Waals surface area contributed by atoms with Crippen molar-refractivity contribution in [2.45, 2.75) is 25.4 Å². The van der Waals surface area contributed by atoms with E-state index in [1.807, 2.05) is 28.7 Å². The summed E-state index contributed by atoms with van der Waals surface area (Å²) in [5.74, 6) is 0.839. The van der Waals surface area contributed by atoms with Gasteiger partial charge in [-0.2, -0.15) is 0 Å². The number of aromatic nitrogens is 4. The number of imidazole rings is 1. The van der Waals surface area contributed by atoms with Crippen LogP contribution in [0.4, 0.5) is 4.79 Å². The van der Waals surface area contributed by atoms with Gasteiger partial charge in [0.25, 0.3) is 0 Å². The first-order valence-corrected chi connectivity index (χ1v) is 9.05. The lowest BCUT2D eigenvalue weighted by Crippen LogP contribution is -2.40. The first-order chi connectivity index (χ1) is 12.0. The lowest BCUT2D eigenvalue weighted by atomic mass is 10.1. The third kappa shape index (κ3) is 4.11. The van der Waals surface area contributed by atoms with Crippen LogP contribution in [-0.4, -0.2) is 43.8 Å². The molecule has 3 N–H and O–H groups in total. The molecule has 0 spiro atoms. The van der Waals surface area contributed by atoms with Gasteiger partial charge >= 0.3 is 6.03 Å². The lowest BCUT2D eigenvalue weighted by Gasteiger charge is -2.07. The van der Waals surface area contributed by atoms with Crippen LogP contribution in [0.1, 0.15) is 20.3 Å². The van der Waals surface area contributed by atoms with Crippen LogP contribution in [0.5, 0.6) is 0 Å². The number of urea groups is 1. The summed E-state index contributed by atoms with van der Waals surface area (Å²) in [6.07, 6.45) is 0.870. The molecule has 3 amide bonds. The number of thioether (sulfide) groups is 1. The Morgan fingerprint density at radius 3 is 2.92 bits per heavy atom. The van der Waals surface area contributed by atoms with E-state index in [2.05, 4.69) is 39.7 Å². The summed E-state index contributed by atoms with van der Waals surface area (Å²) in [7, 11) is 0. The summed E-state index contributed by atoms with van der Waals surface area (Å²) in [4.78, 5) is 28.0. The molecule has 0 aliphatic heterocycles. The monoisotopic (exact) mass is 360 g/mol. The second kappa shape index (κ2) is 7.56. The van der Waals surface area contributed by atoms with Gasteiger partial charge in [-0.1, -0.05) is 37.7 Å². The molecular formula is C16H20N6O2S. The fourth-order valence-electron chi connectivity index (χ4n) is 2.35. The van der Waals surface area contributed by atoms with Crippen LogP contribution in [0.3, 0.4) is 0 Å². The van der Waals surface area contributed by atoms with Gasteiger partial charge in [0.15, 0.2) is 5.16 Å². The summed E-state index contributed by atoms with van der Waals surface area (Å²) in [5, 5.41) is 12.7. The molecule has 0 radical (unpaired) electrons. The molecule has 2 heterocycles. The number of rotatable bonds is 6. The van der Waals surface area contributed by atoms with Crippen molar-refractivity contribution in [1.29, 1.82) is 0 Å². The number of benzene rings is 1. The molecule has 0 bridgehead atoms. The molecule has 2 aromatic heterocycles. The highest BCUT2D eigenvalue weighted by Crippen LogP contribution is 2.22. The molecule has 3 aromatic rings. The van der Waals surface area contributed by atoms with Crippen molar-refractivity contribution in [2.24, 2.45) is 5.92 Å². The fraction of sp³-hybridized carbons (Fsp3) is 0.375. The van der Waals surface area contributed by atoms with E-state index in [1.54, 1.807) is 0 Å². The zero-order valence-corrected chi connectivity index (χ0v) is 14.9. The standard InChI is InChI=1S/C16H20N6O2S/c1-10(2)7-8-17-15(24)19-13(23)9-25-16-21-20-14-18-11-5-3-4-6-12(11)22(14)16/h3-6,10H,7-9H2,1-2H3,(H,18,20)(H2,17,19,23,24). The fourth-order valence-corrected chi connectivity index (χ4v) is 3.11. The minimum Gasteiger partial charge on any atom is -0.338 e. The zero-order valence-electron chi connectivity index (χ0n) is 14.1. The molecule has 0 aliphatic carbocycles. The molecule has 0 saturated heterocycles.